The molecule has 0 aromatic heterocycles. The Hall–Kier alpha value is -2.84. The highest BCUT2D eigenvalue weighted by Crippen LogP contribution is 2.27. The van der Waals surface area contributed by atoms with E-state index in [2.05, 4.69) is 10.0 Å². The number of carbonyl (C=O) groups excluding carboxylic acids is 1. The van der Waals surface area contributed by atoms with Crippen molar-refractivity contribution in [3.63, 3.8) is 0 Å². The molecule has 3 rings (SSSR count). The zero-order valence-electron chi connectivity index (χ0n) is 15.2. The van der Waals surface area contributed by atoms with E-state index in [0.29, 0.717) is 29.2 Å². The summed E-state index contributed by atoms with van der Waals surface area (Å²) in [6, 6.07) is 11.9. The van der Waals surface area contributed by atoms with Crippen molar-refractivity contribution < 1.29 is 23.1 Å². The lowest BCUT2D eigenvalue weighted by molar-refractivity contribution is -0.146. The van der Waals surface area contributed by atoms with Crippen LogP contribution in [0.2, 0.25) is 5.02 Å². The summed E-state index contributed by atoms with van der Waals surface area (Å²) >= 11 is 5.79. The zero-order valence-corrected chi connectivity index (χ0v) is 16.8. The number of carbonyl (C=O) groups is 2. The molecule has 2 aromatic carbocycles. The van der Waals surface area contributed by atoms with E-state index in [1.807, 2.05) is 0 Å². The Kier molecular flexibility index (Phi) is 6.24. The maximum atomic E-state index is 12.5. The number of aliphatic carboxylic acids is 1. The first-order chi connectivity index (χ1) is 13.8. The van der Waals surface area contributed by atoms with Gasteiger partial charge in [0.25, 0.3) is 10.0 Å². The SMILES string of the molecule is O=C(Nc1ccc(S(=O)(=O)Nc2ccc(Cl)cc2)cc1)[C@H]1CC=CC[C@H]1C(=O)O. The van der Waals surface area contributed by atoms with Crippen LogP contribution in [0.4, 0.5) is 11.4 Å². The maximum absolute atomic E-state index is 12.5. The molecule has 2 aromatic rings. The number of nitrogens with one attached hydrogen (secondary N) is 2. The molecule has 0 saturated carbocycles. The number of carboxylic acid groups (broad SMARTS) is 1. The Morgan fingerprint density at radius 3 is 2.03 bits per heavy atom. The van der Waals surface area contributed by atoms with Crippen LogP contribution in [0, 0.1) is 11.8 Å². The van der Waals surface area contributed by atoms with Gasteiger partial charge in [-0.25, -0.2) is 8.42 Å². The molecular weight excluding hydrogens is 416 g/mol. The van der Waals surface area contributed by atoms with E-state index in [9.17, 15) is 23.1 Å². The van der Waals surface area contributed by atoms with E-state index in [0.717, 1.165) is 0 Å². The molecule has 0 fully saturated rings. The summed E-state index contributed by atoms with van der Waals surface area (Å²) in [5, 5.41) is 12.4. The van der Waals surface area contributed by atoms with E-state index in [-0.39, 0.29) is 4.90 Å². The molecule has 1 aliphatic carbocycles. The van der Waals surface area contributed by atoms with Crippen LogP contribution in [0.25, 0.3) is 0 Å². The third-order valence-electron chi connectivity index (χ3n) is 4.61. The van der Waals surface area contributed by atoms with Crippen LogP contribution in [-0.2, 0) is 19.6 Å². The van der Waals surface area contributed by atoms with Gasteiger partial charge in [-0.2, -0.15) is 0 Å². The summed E-state index contributed by atoms with van der Waals surface area (Å²) in [5.41, 5.74) is 0.760. The molecule has 0 unspecified atom stereocenters. The van der Waals surface area contributed by atoms with Crippen molar-refractivity contribution in [3.8, 4) is 0 Å². The Balaban J connectivity index is 1.69. The number of allylic oxidation sites excluding steroid dienone is 2. The first-order valence-electron chi connectivity index (χ1n) is 8.83. The van der Waals surface area contributed by atoms with Crippen molar-refractivity contribution in [2.24, 2.45) is 11.8 Å². The Labute approximate surface area is 173 Å². The van der Waals surface area contributed by atoms with Gasteiger partial charge in [0, 0.05) is 16.4 Å². The number of hydrogen-bond donors (Lipinski definition) is 3. The largest absolute Gasteiger partial charge is 0.481 e. The second-order valence-electron chi connectivity index (χ2n) is 6.62. The average molecular weight is 435 g/mol. The van der Waals surface area contributed by atoms with Crippen molar-refractivity contribution in [3.05, 3.63) is 65.7 Å². The molecule has 9 heteroatoms. The maximum Gasteiger partial charge on any atom is 0.307 e. The van der Waals surface area contributed by atoms with E-state index >= 15 is 0 Å². The molecule has 0 spiro atoms. The minimum atomic E-state index is -3.80. The number of carboxylic acids is 1. The Bertz CT molecular complexity index is 1030. The second kappa shape index (κ2) is 8.67. The van der Waals surface area contributed by atoms with Crippen molar-refractivity contribution in [2.75, 3.05) is 10.0 Å². The van der Waals surface area contributed by atoms with Gasteiger partial charge >= 0.3 is 5.97 Å². The van der Waals surface area contributed by atoms with Gasteiger partial charge in [0.2, 0.25) is 5.91 Å². The lowest BCUT2D eigenvalue weighted by atomic mass is 9.82. The van der Waals surface area contributed by atoms with Crippen LogP contribution in [0.15, 0.2) is 65.6 Å². The molecule has 29 heavy (non-hydrogen) atoms. The first kappa shape index (κ1) is 20.9. The van der Waals surface area contributed by atoms with Gasteiger partial charge in [0.15, 0.2) is 0 Å². The highest BCUT2D eigenvalue weighted by Gasteiger charge is 2.33. The molecule has 3 N–H and O–H groups in total. The molecule has 2 atom stereocenters. The molecule has 0 saturated heterocycles. The van der Waals surface area contributed by atoms with Crippen LogP contribution < -0.4 is 10.0 Å². The summed E-state index contributed by atoms with van der Waals surface area (Å²) in [4.78, 5) is 23.9. The molecule has 0 heterocycles. The van der Waals surface area contributed by atoms with E-state index in [1.54, 1.807) is 36.4 Å². The number of anilines is 2. The predicted octanol–water partition coefficient (Wildman–Crippen LogP) is 3.75. The van der Waals surface area contributed by atoms with Crippen molar-refractivity contribution in [1.82, 2.24) is 0 Å². The third-order valence-corrected chi connectivity index (χ3v) is 6.26. The summed E-state index contributed by atoms with van der Waals surface area (Å²) in [6.45, 7) is 0. The minimum Gasteiger partial charge on any atom is -0.481 e. The highest BCUT2D eigenvalue weighted by atomic mass is 35.5. The fraction of sp³-hybridized carbons (Fsp3) is 0.200. The number of halogens is 1. The Morgan fingerprint density at radius 2 is 1.45 bits per heavy atom. The molecular formula is C20H19ClN2O5S. The quantitative estimate of drug-likeness (QED) is 0.599. The minimum absolute atomic E-state index is 0.0226. The monoisotopic (exact) mass is 434 g/mol. The molecule has 0 radical (unpaired) electrons. The summed E-state index contributed by atoms with van der Waals surface area (Å²) in [7, 11) is -3.80. The average Bonchev–Trinajstić information content (AvgIpc) is 2.70. The van der Waals surface area contributed by atoms with Gasteiger partial charge in [0.05, 0.1) is 16.7 Å². The lowest BCUT2D eigenvalue weighted by Gasteiger charge is -2.24. The number of hydrogen-bond acceptors (Lipinski definition) is 4. The fourth-order valence-electron chi connectivity index (χ4n) is 3.06. The van der Waals surface area contributed by atoms with Crippen LogP contribution in [0.1, 0.15) is 12.8 Å². The van der Waals surface area contributed by atoms with Crippen molar-refractivity contribution >= 4 is 44.9 Å². The van der Waals surface area contributed by atoms with Crippen LogP contribution in [-0.4, -0.2) is 25.4 Å². The number of amides is 1. The number of sulfonamides is 1. The molecule has 0 bridgehead atoms. The van der Waals surface area contributed by atoms with Crippen molar-refractivity contribution in [2.45, 2.75) is 17.7 Å². The van der Waals surface area contributed by atoms with E-state index < -0.39 is 33.7 Å². The topological polar surface area (TPSA) is 113 Å². The fourth-order valence-corrected chi connectivity index (χ4v) is 4.25. The molecule has 1 aliphatic rings. The molecule has 152 valence electrons. The zero-order chi connectivity index (χ0) is 21.0. The second-order valence-corrected chi connectivity index (χ2v) is 8.74. The number of benzene rings is 2. The molecule has 1 amide bonds. The molecule has 0 aliphatic heterocycles. The van der Waals surface area contributed by atoms with Gasteiger partial charge in [-0.15, -0.1) is 0 Å². The smallest absolute Gasteiger partial charge is 0.307 e. The van der Waals surface area contributed by atoms with Gasteiger partial charge in [-0.3, -0.25) is 14.3 Å². The van der Waals surface area contributed by atoms with E-state index in [4.69, 9.17) is 11.6 Å². The summed E-state index contributed by atoms with van der Waals surface area (Å²) < 4.78 is 27.4. The summed E-state index contributed by atoms with van der Waals surface area (Å²) in [6.07, 6.45) is 4.21. The van der Waals surface area contributed by atoms with Gasteiger partial charge in [-0.1, -0.05) is 23.8 Å². The van der Waals surface area contributed by atoms with Crippen molar-refractivity contribution in [1.29, 1.82) is 0 Å². The van der Waals surface area contributed by atoms with Gasteiger partial charge < -0.3 is 10.4 Å². The molecule has 7 nitrogen and oxygen atoms in total. The third kappa shape index (κ3) is 5.16. The lowest BCUT2D eigenvalue weighted by Crippen LogP contribution is -2.34. The highest BCUT2D eigenvalue weighted by molar-refractivity contribution is 7.92. The predicted molar refractivity (Wildman–Crippen MR) is 110 cm³/mol. The first-order valence-corrected chi connectivity index (χ1v) is 10.7. The van der Waals surface area contributed by atoms with Crippen LogP contribution in [0.3, 0.4) is 0 Å². The normalized spacial score (nSPS) is 18.8. The number of rotatable bonds is 6. The van der Waals surface area contributed by atoms with Crippen LogP contribution >= 0.6 is 11.6 Å². The van der Waals surface area contributed by atoms with Gasteiger partial charge in [-0.05, 0) is 61.4 Å². The Morgan fingerprint density at radius 1 is 0.897 bits per heavy atom. The van der Waals surface area contributed by atoms with E-state index in [1.165, 1.54) is 24.3 Å². The van der Waals surface area contributed by atoms with Crippen LogP contribution in [0.5, 0.6) is 0 Å². The standard InChI is InChI=1S/C20H19ClN2O5S/c21-13-5-7-15(8-6-13)23-29(27,28)16-11-9-14(10-12-16)22-19(24)17-3-1-2-4-18(17)20(25)26/h1-2,5-12,17-18,23H,3-4H2,(H,22,24)(H,25,26)/t17-,18+/m0/s1. The summed E-state index contributed by atoms with van der Waals surface area (Å²) in [5.74, 6) is -2.86. The van der Waals surface area contributed by atoms with Gasteiger partial charge in [0.1, 0.15) is 0 Å².